The normalized spacial score (nSPS) is 13.2. The van der Waals surface area contributed by atoms with E-state index in [1.54, 1.807) is 4.68 Å². The molecular weight excluding hydrogens is 154 g/mol. The third kappa shape index (κ3) is 1.76. The van der Waals surface area contributed by atoms with E-state index >= 15 is 0 Å². The summed E-state index contributed by atoms with van der Waals surface area (Å²) in [4.78, 5) is 0. The Morgan fingerprint density at radius 1 is 1.75 bits per heavy atom. The van der Waals surface area contributed by atoms with Gasteiger partial charge in [0.05, 0.1) is 11.8 Å². The van der Waals surface area contributed by atoms with E-state index in [4.69, 9.17) is 10.5 Å². The zero-order valence-electron chi connectivity index (χ0n) is 7.74. The topological polar surface area (TPSA) is 53.1 Å². The number of hydrogen-bond donors (Lipinski definition) is 1. The Labute approximate surface area is 72.3 Å². The van der Waals surface area contributed by atoms with Crippen molar-refractivity contribution in [2.45, 2.75) is 20.0 Å². The third-order valence-corrected chi connectivity index (χ3v) is 1.77. The van der Waals surface area contributed by atoms with Crippen molar-refractivity contribution in [1.82, 2.24) is 9.78 Å². The van der Waals surface area contributed by atoms with Crippen molar-refractivity contribution in [3.05, 3.63) is 11.8 Å². The molecule has 0 saturated carbocycles. The van der Waals surface area contributed by atoms with E-state index < -0.39 is 0 Å². The van der Waals surface area contributed by atoms with Gasteiger partial charge >= 0.3 is 0 Å². The van der Waals surface area contributed by atoms with Gasteiger partial charge in [0, 0.05) is 19.7 Å². The fourth-order valence-corrected chi connectivity index (χ4v) is 1.04. The van der Waals surface area contributed by atoms with E-state index in [0.29, 0.717) is 12.4 Å². The first-order valence-electron chi connectivity index (χ1n) is 4.06. The van der Waals surface area contributed by atoms with E-state index in [-0.39, 0.29) is 6.10 Å². The number of nitrogens with zero attached hydrogens (tertiary/aromatic N) is 2. The van der Waals surface area contributed by atoms with E-state index in [2.05, 4.69) is 5.10 Å². The van der Waals surface area contributed by atoms with Gasteiger partial charge in [0.25, 0.3) is 0 Å². The minimum absolute atomic E-state index is 0.0264. The van der Waals surface area contributed by atoms with Crippen molar-refractivity contribution in [3.63, 3.8) is 0 Å². The number of nitrogen functional groups attached to an aromatic ring is 1. The van der Waals surface area contributed by atoms with Crippen molar-refractivity contribution in [1.29, 1.82) is 0 Å². The van der Waals surface area contributed by atoms with Crippen LogP contribution in [0.25, 0.3) is 0 Å². The molecule has 0 spiro atoms. The van der Waals surface area contributed by atoms with Crippen LogP contribution < -0.4 is 5.73 Å². The summed E-state index contributed by atoms with van der Waals surface area (Å²) in [6, 6.07) is 1.83. The van der Waals surface area contributed by atoms with Gasteiger partial charge < -0.3 is 10.5 Å². The SMILES string of the molecule is CCOC(C)c1cc(N)n(C)n1. The molecule has 0 amide bonds. The number of aryl methyl sites for hydroxylation is 1. The Balaban J connectivity index is 2.74. The lowest BCUT2D eigenvalue weighted by Crippen LogP contribution is -2.01. The molecule has 1 rings (SSSR count). The summed E-state index contributed by atoms with van der Waals surface area (Å²) in [6.07, 6.45) is 0.0264. The maximum absolute atomic E-state index is 5.62. The molecule has 1 aromatic heterocycles. The lowest BCUT2D eigenvalue weighted by atomic mass is 10.3. The predicted molar refractivity (Wildman–Crippen MR) is 47.7 cm³/mol. The minimum Gasteiger partial charge on any atom is -0.384 e. The first kappa shape index (κ1) is 9.06. The molecule has 68 valence electrons. The molecular formula is C8H15N3O. The largest absolute Gasteiger partial charge is 0.384 e. The highest BCUT2D eigenvalue weighted by atomic mass is 16.5. The maximum Gasteiger partial charge on any atom is 0.121 e. The van der Waals surface area contributed by atoms with Crippen LogP contribution >= 0.6 is 0 Å². The molecule has 0 aliphatic carbocycles. The number of hydrogen-bond acceptors (Lipinski definition) is 3. The molecule has 0 bridgehead atoms. The Hall–Kier alpha value is -1.03. The van der Waals surface area contributed by atoms with Crippen molar-refractivity contribution in [3.8, 4) is 0 Å². The van der Waals surface area contributed by atoms with Gasteiger partial charge in [-0.15, -0.1) is 0 Å². The molecule has 1 aromatic rings. The molecule has 0 aliphatic rings. The molecule has 0 aliphatic heterocycles. The Morgan fingerprint density at radius 3 is 2.83 bits per heavy atom. The molecule has 0 saturated heterocycles. The van der Waals surface area contributed by atoms with Gasteiger partial charge in [-0.2, -0.15) is 5.10 Å². The quantitative estimate of drug-likeness (QED) is 0.737. The summed E-state index contributed by atoms with van der Waals surface area (Å²) in [7, 11) is 1.82. The molecule has 0 aromatic carbocycles. The summed E-state index contributed by atoms with van der Waals surface area (Å²) in [5.41, 5.74) is 6.51. The highest BCUT2D eigenvalue weighted by Crippen LogP contribution is 2.16. The Bertz CT molecular complexity index is 237. The smallest absolute Gasteiger partial charge is 0.121 e. The van der Waals surface area contributed by atoms with E-state index in [1.807, 2.05) is 27.0 Å². The molecule has 4 nitrogen and oxygen atoms in total. The summed E-state index contributed by atoms with van der Waals surface area (Å²) >= 11 is 0. The van der Waals surface area contributed by atoms with Gasteiger partial charge in [0.15, 0.2) is 0 Å². The molecule has 0 radical (unpaired) electrons. The molecule has 1 heterocycles. The van der Waals surface area contributed by atoms with Crippen LogP contribution in [-0.2, 0) is 11.8 Å². The highest BCUT2D eigenvalue weighted by molar-refractivity contribution is 5.31. The predicted octanol–water partition coefficient (Wildman–Crippen LogP) is 1.10. The van der Waals surface area contributed by atoms with Gasteiger partial charge in [-0.3, -0.25) is 4.68 Å². The summed E-state index contributed by atoms with van der Waals surface area (Å²) in [5, 5.41) is 4.20. The van der Waals surface area contributed by atoms with Crippen LogP contribution in [0.4, 0.5) is 5.82 Å². The molecule has 4 heteroatoms. The number of ether oxygens (including phenoxy) is 1. The first-order chi connectivity index (χ1) is 5.65. The average molecular weight is 169 g/mol. The van der Waals surface area contributed by atoms with Crippen LogP contribution in [0.5, 0.6) is 0 Å². The van der Waals surface area contributed by atoms with Gasteiger partial charge in [-0.1, -0.05) is 0 Å². The number of anilines is 1. The lowest BCUT2D eigenvalue weighted by molar-refractivity contribution is 0.0729. The number of nitrogens with two attached hydrogens (primary N) is 1. The second-order valence-corrected chi connectivity index (χ2v) is 2.72. The van der Waals surface area contributed by atoms with E-state index in [0.717, 1.165) is 5.69 Å². The van der Waals surface area contributed by atoms with E-state index in [9.17, 15) is 0 Å². The van der Waals surface area contributed by atoms with E-state index in [1.165, 1.54) is 0 Å². The van der Waals surface area contributed by atoms with Crippen molar-refractivity contribution >= 4 is 5.82 Å². The maximum atomic E-state index is 5.62. The lowest BCUT2D eigenvalue weighted by Gasteiger charge is -2.06. The fourth-order valence-electron chi connectivity index (χ4n) is 1.04. The van der Waals surface area contributed by atoms with Crippen molar-refractivity contribution in [2.24, 2.45) is 7.05 Å². The van der Waals surface area contributed by atoms with Gasteiger partial charge in [-0.25, -0.2) is 0 Å². The summed E-state index contributed by atoms with van der Waals surface area (Å²) in [5.74, 6) is 0.663. The van der Waals surface area contributed by atoms with Crippen molar-refractivity contribution < 1.29 is 4.74 Å². The van der Waals surface area contributed by atoms with Crippen LogP contribution in [-0.4, -0.2) is 16.4 Å². The summed E-state index contributed by atoms with van der Waals surface area (Å²) < 4.78 is 7.01. The molecule has 12 heavy (non-hydrogen) atoms. The number of aromatic nitrogens is 2. The molecule has 2 N–H and O–H groups in total. The van der Waals surface area contributed by atoms with Crippen LogP contribution in [0.1, 0.15) is 25.6 Å². The van der Waals surface area contributed by atoms with Crippen LogP contribution in [0.3, 0.4) is 0 Å². The Kier molecular flexibility index (Phi) is 2.70. The Morgan fingerprint density at radius 2 is 2.42 bits per heavy atom. The van der Waals surface area contributed by atoms with Crippen LogP contribution in [0, 0.1) is 0 Å². The summed E-state index contributed by atoms with van der Waals surface area (Å²) in [6.45, 7) is 4.62. The third-order valence-electron chi connectivity index (χ3n) is 1.77. The first-order valence-corrected chi connectivity index (χ1v) is 4.06. The second-order valence-electron chi connectivity index (χ2n) is 2.72. The van der Waals surface area contributed by atoms with Crippen LogP contribution in [0.15, 0.2) is 6.07 Å². The zero-order valence-corrected chi connectivity index (χ0v) is 7.74. The van der Waals surface area contributed by atoms with Crippen molar-refractivity contribution in [2.75, 3.05) is 12.3 Å². The fraction of sp³-hybridized carbons (Fsp3) is 0.625. The standard InChI is InChI=1S/C8H15N3O/c1-4-12-6(2)7-5-8(9)11(3)10-7/h5-6H,4,9H2,1-3H3. The zero-order chi connectivity index (χ0) is 9.14. The minimum atomic E-state index is 0.0264. The molecule has 1 atom stereocenters. The monoisotopic (exact) mass is 169 g/mol. The number of rotatable bonds is 3. The highest BCUT2D eigenvalue weighted by Gasteiger charge is 2.09. The van der Waals surface area contributed by atoms with Gasteiger partial charge in [0.1, 0.15) is 5.82 Å². The van der Waals surface area contributed by atoms with Gasteiger partial charge in [0.2, 0.25) is 0 Å². The van der Waals surface area contributed by atoms with Gasteiger partial charge in [-0.05, 0) is 13.8 Å². The molecule has 1 unspecified atom stereocenters. The average Bonchev–Trinajstić information content (AvgIpc) is 2.33. The van der Waals surface area contributed by atoms with Crippen LogP contribution in [0.2, 0.25) is 0 Å². The molecule has 0 fully saturated rings. The second kappa shape index (κ2) is 3.58.